The van der Waals surface area contributed by atoms with E-state index in [-0.39, 0.29) is 18.9 Å². The lowest BCUT2D eigenvalue weighted by atomic mass is 10.0. The van der Waals surface area contributed by atoms with Gasteiger partial charge in [0.1, 0.15) is 17.5 Å². The minimum Gasteiger partial charge on any atom is -0.394 e. The van der Waals surface area contributed by atoms with Crippen LogP contribution in [0.1, 0.15) is 24.3 Å². The van der Waals surface area contributed by atoms with Gasteiger partial charge in [0.15, 0.2) is 5.76 Å². The SMILES string of the molecule is Cc1noc(C)c1NC(=O)N[C@H]1C=C[C@@H](CC(=O)NCCCN(C)C)O[C@@H]1CO. The molecule has 0 aliphatic carbocycles. The highest BCUT2D eigenvalue weighted by Crippen LogP contribution is 2.19. The minimum absolute atomic E-state index is 0.113. The number of anilines is 1. The third kappa shape index (κ3) is 7.15. The van der Waals surface area contributed by atoms with Gasteiger partial charge in [0, 0.05) is 6.54 Å². The molecule has 1 aromatic heterocycles. The lowest BCUT2D eigenvalue weighted by Gasteiger charge is -2.31. The van der Waals surface area contributed by atoms with E-state index in [4.69, 9.17) is 9.26 Å². The van der Waals surface area contributed by atoms with Crippen molar-refractivity contribution in [3.63, 3.8) is 0 Å². The van der Waals surface area contributed by atoms with Crippen LogP contribution in [0.5, 0.6) is 0 Å². The number of ether oxygens (including phenoxy) is 1. The lowest BCUT2D eigenvalue weighted by molar-refractivity contribution is -0.125. The quantitative estimate of drug-likeness (QED) is 0.346. The second-order valence-electron chi connectivity index (χ2n) is 7.31. The molecule has 0 aromatic carbocycles. The van der Waals surface area contributed by atoms with Crippen molar-refractivity contribution in [1.82, 2.24) is 20.7 Å². The zero-order valence-corrected chi connectivity index (χ0v) is 17.4. The Morgan fingerprint density at radius 1 is 1.28 bits per heavy atom. The van der Waals surface area contributed by atoms with E-state index >= 15 is 0 Å². The number of aliphatic hydroxyl groups excluding tert-OH is 1. The molecule has 0 saturated heterocycles. The van der Waals surface area contributed by atoms with Crippen LogP contribution in [0.15, 0.2) is 16.7 Å². The summed E-state index contributed by atoms with van der Waals surface area (Å²) >= 11 is 0. The van der Waals surface area contributed by atoms with Crippen molar-refractivity contribution in [2.45, 2.75) is 44.9 Å². The first-order valence-electron chi connectivity index (χ1n) is 9.66. The highest BCUT2D eigenvalue weighted by Gasteiger charge is 2.29. The summed E-state index contributed by atoms with van der Waals surface area (Å²) in [6.45, 7) is 4.63. The summed E-state index contributed by atoms with van der Waals surface area (Å²) in [5.41, 5.74) is 1.08. The van der Waals surface area contributed by atoms with Gasteiger partial charge in [-0.25, -0.2) is 4.79 Å². The molecule has 0 radical (unpaired) electrons. The molecule has 0 fully saturated rings. The summed E-state index contributed by atoms with van der Waals surface area (Å²) in [4.78, 5) is 26.4. The van der Waals surface area contributed by atoms with E-state index < -0.39 is 24.3 Å². The Balaban J connectivity index is 1.83. The van der Waals surface area contributed by atoms with Crippen LogP contribution in [-0.4, -0.2) is 79.1 Å². The van der Waals surface area contributed by atoms with Gasteiger partial charge >= 0.3 is 6.03 Å². The van der Waals surface area contributed by atoms with Gasteiger partial charge in [-0.1, -0.05) is 17.3 Å². The largest absolute Gasteiger partial charge is 0.394 e. The fourth-order valence-electron chi connectivity index (χ4n) is 2.98. The van der Waals surface area contributed by atoms with Gasteiger partial charge in [-0.3, -0.25) is 4.79 Å². The number of amides is 3. The zero-order chi connectivity index (χ0) is 21.4. The first kappa shape index (κ1) is 22.9. The average molecular weight is 409 g/mol. The van der Waals surface area contributed by atoms with Gasteiger partial charge in [-0.15, -0.1) is 0 Å². The Kier molecular flexibility index (Phi) is 8.62. The second-order valence-corrected chi connectivity index (χ2v) is 7.31. The van der Waals surface area contributed by atoms with E-state index in [0.29, 0.717) is 23.7 Å². The molecule has 3 amide bonds. The van der Waals surface area contributed by atoms with Gasteiger partial charge < -0.3 is 35.2 Å². The Morgan fingerprint density at radius 3 is 2.66 bits per heavy atom. The molecule has 0 bridgehead atoms. The minimum atomic E-state index is -0.651. The van der Waals surface area contributed by atoms with Crippen LogP contribution in [0.4, 0.5) is 10.5 Å². The number of rotatable bonds is 9. The number of nitrogens with zero attached hydrogens (tertiary/aromatic N) is 2. The molecule has 3 atom stereocenters. The molecule has 0 saturated carbocycles. The van der Waals surface area contributed by atoms with Crippen molar-refractivity contribution in [3.05, 3.63) is 23.6 Å². The smallest absolute Gasteiger partial charge is 0.319 e. The van der Waals surface area contributed by atoms with Crippen LogP contribution in [0.25, 0.3) is 0 Å². The number of aryl methyl sites for hydroxylation is 2. The van der Waals surface area contributed by atoms with Crippen molar-refractivity contribution in [2.24, 2.45) is 0 Å². The molecule has 0 unspecified atom stereocenters. The summed E-state index contributed by atoms with van der Waals surface area (Å²) in [5, 5.41) is 21.7. The first-order chi connectivity index (χ1) is 13.8. The first-order valence-corrected chi connectivity index (χ1v) is 9.66. The van der Waals surface area contributed by atoms with E-state index in [2.05, 4.69) is 26.0 Å². The molecular formula is C19H31N5O5. The number of urea groups is 1. The number of aliphatic hydroxyl groups is 1. The van der Waals surface area contributed by atoms with Crippen molar-refractivity contribution < 1.29 is 24.0 Å². The third-order valence-electron chi connectivity index (χ3n) is 4.52. The number of carbonyl (C=O) groups excluding carboxylic acids is 2. The van der Waals surface area contributed by atoms with Crippen LogP contribution in [0.2, 0.25) is 0 Å². The zero-order valence-electron chi connectivity index (χ0n) is 17.4. The predicted molar refractivity (Wildman–Crippen MR) is 108 cm³/mol. The molecule has 10 nitrogen and oxygen atoms in total. The van der Waals surface area contributed by atoms with Crippen LogP contribution >= 0.6 is 0 Å². The van der Waals surface area contributed by atoms with E-state index in [0.717, 1.165) is 13.0 Å². The fourth-order valence-corrected chi connectivity index (χ4v) is 2.98. The van der Waals surface area contributed by atoms with Gasteiger partial charge in [-0.05, 0) is 40.9 Å². The molecule has 4 N–H and O–H groups in total. The molecule has 1 aromatic rings. The molecule has 2 heterocycles. The molecule has 10 heteroatoms. The van der Waals surface area contributed by atoms with Crippen LogP contribution in [-0.2, 0) is 9.53 Å². The number of nitrogens with one attached hydrogen (secondary N) is 3. The number of aromatic nitrogens is 1. The van der Waals surface area contributed by atoms with Gasteiger partial charge in [0.05, 0.1) is 25.2 Å². The van der Waals surface area contributed by atoms with Crippen molar-refractivity contribution in [1.29, 1.82) is 0 Å². The Labute approximate surface area is 170 Å². The van der Waals surface area contributed by atoms with Crippen LogP contribution in [0, 0.1) is 13.8 Å². The molecule has 2 rings (SSSR count). The number of hydrogen-bond acceptors (Lipinski definition) is 7. The van der Waals surface area contributed by atoms with Gasteiger partial charge in [0.2, 0.25) is 5.91 Å². The number of hydrogen-bond donors (Lipinski definition) is 4. The maximum Gasteiger partial charge on any atom is 0.319 e. The number of carbonyl (C=O) groups is 2. The Morgan fingerprint density at radius 2 is 2.03 bits per heavy atom. The summed E-state index contributed by atoms with van der Waals surface area (Å²) in [6, 6.07) is -0.993. The van der Waals surface area contributed by atoms with Crippen LogP contribution in [0.3, 0.4) is 0 Å². The summed E-state index contributed by atoms with van der Waals surface area (Å²) < 4.78 is 10.8. The molecule has 162 valence electrons. The van der Waals surface area contributed by atoms with Gasteiger partial charge in [0.25, 0.3) is 0 Å². The molecular weight excluding hydrogens is 378 g/mol. The van der Waals surface area contributed by atoms with Gasteiger partial charge in [-0.2, -0.15) is 0 Å². The maximum atomic E-state index is 12.3. The molecule has 0 spiro atoms. The summed E-state index contributed by atoms with van der Waals surface area (Å²) in [7, 11) is 3.97. The van der Waals surface area contributed by atoms with E-state index in [1.807, 2.05) is 14.1 Å². The fraction of sp³-hybridized carbons (Fsp3) is 0.632. The summed E-state index contributed by atoms with van der Waals surface area (Å²) in [5.74, 6) is 0.390. The predicted octanol–water partition coefficient (Wildman–Crippen LogP) is 0.555. The van der Waals surface area contributed by atoms with E-state index in [1.54, 1.807) is 26.0 Å². The van der Waals surface area contributed by atoms with Crippen molar-refractivity contribution >= 4 is 17.6 Å². The van der Waals surface area contributed by atoms with Crippen molar-refractivity contribution in [2.75, 3.05) is 39.1 Å². The average Bonchev–Trinajstić information content (AvgIpc) is 2.98. The van der Waals surface area contributed by atoms with E-state index in [9.17, 15) is 14.7 Å². The highest BCUT2D eigenvalue weighted by molar-refractivity contribution is 5.90. The topological polar surface area (TPSA) is 129 Å². The third-order valence-corrected chi connectivity index (χ3v) is 4.52. The Hall–Kier alpha value is -2.43. The Bertz CT molecular complexity index is 698. The standard InChI is InChI=1S/C19H31N5O5/c1-12-18(13(2)29-23-12)22-19(27)21-15-7-6-14(28-16(15)11-25)10-17(26)20-8-5-9-24(3)4/h6-7,14-16,25H,5,8-11H2,1-4H3,(H,20,26)(H2,21,22,27)/t14-,15-,16+/m0/s1. The molecule has 29 heavy (non-hydrogen) atoms. The highest BCUT2D eigenvalue weighted by atomic mass is 16.5. The monoisotopic (exact) mass is 409 g/mol. The summed E-state index contributed by atoms with van der Waals surface area (Å²) in [6.07, 6.45) is 3.39. The maximum absolute atomic E-state index is 12.3. The van der Waals surface area contributed by atoms with Crippen LogP contribution < -0.4 is 16.0 Å². The lowest BCUT2D eigenvalue weighted by Crippen LogP contribution is -2.50. The normalized spacial score (nSPS) is 21.2. The second kappa shape index (κ2) is 10.9. The van der Waals surface area contributed by atoms with E-state index in [1.165, 1.54) is 0 Å². The molecule has 1 aliphatic heterocycles. The molecule has 1 aliphatic rings. The van der Waals surface area contributed by atoms with Crippen molar-refractivity contribution in [3.8, 4) is 0 Å².